The normalized spacial score (nSPS) is 10.6. The van der Waals surface area contributed by atoms with E-state index in [1.807, 2.05) is 20.2 Å². The molecule has 90 heavy (non-hydrogen) atoms. The molecule has 0 unspecified atom stereocenters. The molecular formula is C63H88B2ClN13O11. The highest BCUT2D eigenvalue weighted by Gasteiger charge is 2.25. The molecule has 0 aromatic carbocycles. The smallest absolute Gasteiger partial charge is 0.406 e. The number of carbonyl (C=O) groups is 8. The van der Waals surface area contributed by atoms with E-state index in [1.54, 1.807) is 169 Å². The first-order chi connectivity index (χ1) is 41.1. The van der Waals surface area contributed by atoms with E-state index in [9.17, 15) is 53.5 Å². The number of Topliss-reactive ketones (excluding diaryl/α,β-unsaturated/α-hetero) is 7. The SMILES string of the molecule is C.C.CB(O)Nc1cc(C(=O)Cc2cn(C)c(C(=O)Cc3cc(C(=O)Cc4cc(C(=O)O)n(C)c4)n(C)c3)n2)n(C)c1.CCCCC(=O)c1cc(CC(=O)c2cc(CC(=O)c3nc(CC(=O)c4cc(NB(C)O)cn4C)cn3C)cn2C)cn1C.CCCN.Cl. The van der Waals surface area contributed by atoms with Crippen molar-refractivity contribution in [3.8, 4) is 0 Å². The van der Waals surface area contributed by atoms with Gasteiger partial charge in [0.1, 0.15) is 5.69 Å². The van der Waals surface area contributed by atoms with E-state index in [2.05, 4.69) is 27.3 Å². The van der Waals surface area contributed by atoms with E-state index in [-0.39, 0.29) is 124 Å². The van der Waals surface area contributed by atoms with Gasteiger partial charge in [-0.25, -0.2) is 14.8 Å². The summed E-state index contributed by atoms with van der Waals surface area (Å²) in [5.74, 6) is -1.71. The number of anilines is 2. The molecule has 0 spiro atoms. The molecule has 8 aromatic rings. The monoisotopic (exact) mass is 1260 g/mol. The van der Waals surface area contributed by atoms with Crippen LogP contribution in [-0.2, 0) is 94.9 Å². The van der Waals surface area contributed by atoms with Gasteiger partial charge in [-0.2, -0.15) is 0 Å². The lowest BCUT2D eigenvalue weighted by Crippen LogP contribution is -2.18. The summed E-state index contributed by atoms with van der Waals surface area (Å²) < 4.78 is 13.1. The number of carboxylic acid groups (broad SMARTS) is 1. The van der Waals surface area contributed by atoms with Crippen molar-refractivity contribution in [3.05, 3.63) is 165 Å². The molecule has 8 aromatic heterocycles. The lowest BCUT2D eigenvalue weighted by Gasteiger charge is -2.00. The second-order valence-corrected chi connectivity index (χ2v) is 22.0. The predicted octanol–water partition coefficient (Wildman–Crippen LogP) is 7.59. The second-order valence-electron chi connectivity index (χ2n) is 22.0. The number of ketones is 7. The maximum Gasteiger partial charge on any atom is 0.406 e. The number of halogens is 1. The van der Waals surface area contributed by atoms with Gasteiger partial charge in [0.15, 0.2) is 40.6 Å². The van der Waals surface area contributed by atoms with Gasteiger partial charge in [-0.15, -0.1) is 12.4 Å². The molecule has 0 radical (unpaired) electrons. The van der Waals surface area contributed by atoms with Crippen molar-refractivity contribution < 1.29 is 53.5 Å². The van der Waals surface area contributed by atoms with E-state index < -0.39 is 20.1 Å². The molecule has 8 rings (SSSR count). The molecule has 0 bridgehead atoms. The Labute approximate surface area is 533 Å². The third-order valence-corrected chi connectivity index (χ3v) is 14.2. The zero-order valence-electron chi connectivity index (χ0n) is 52.1. The number of rotatable bonds is 28. The first kappa shape index (κ1) is 75.4. The minimum Gasteiger partial charge on any atom is -0.477 e. The maximum absolute atomic E-state index is 13.2. The van der Waals surface area contributed by atoms with Crippen molar-refractivity contribution >= 4 is 84.3 Å². The third-order valence-electron chi connectivity index (χ3n) is 14.2. The van der Waals surface area contributed by atoms with Crippen LogP contribution in [0, 0.1) is 0 Å². The molecule has 0 fully saturated rings. The number of unbranched alkanes of at least 4 members (excludes halogenated alkanes) is 1. The Morgan fingerprint density at radius 2 is 0.722 bits per heavy atom. The molecule has 0 aliphatic carbocycles. The van der Waals surface area contributed by atoms with Gasteiger partial charge in [0.25, 0.3) is 0 Å². The van der Waals surface area contributed by atoms with Crippen molar-refractivity contribution in [2.45, 2.75) is 107 Å². The summed E-state index contributed by atoms with van der Waals surface area (Å²) in [6.45, 7) is 8.09. The fourth-order valence-corrected chi connectivity index (χ4v) is 10.1. The summed E-state index contributed by atoms with van der Waals surface area (Å²) in [6.07, 6.45) is 17.3. The number of aryl methyl sites for hydroxylation is 8. The lowest BCUT2D eigenvalue weighted by atomic mass is 9.89. The van der Waals surface area contributed by atoms with Crippen LogP contribution in [0.2, 0.25) is 13.6 Å². The highest BCUT2D eigenvalue weighted by atomic mass is 35.5. The number of nitrogens with two attached hydrogens (primary N) is 1. The van der Waals surface area contributed by atoms with Gasteiger partial charge >= 0.3 is 20.1 Å². The lowest BCUT2D eigenvalue weighted by molar-refractivity contribution is 0.0684. The molecule has 0 saturated heterocycles. The standard InChI is InChI=1S/C31H39BN6O5.C27H31BN6O6.C3H9N.2CH4.ClH/c1-7-8-9-27(39)24-10-20(16-35(24)3)12-28(40)25-11-21(17-36(25)4)13-30(42)31-33-22(18-38(31)6)15-29(41)26-14-23(19-37(26)5)34-32(2)43;1-28(40)30-19-10-21(33(4)15-19)24(36)11-18-14-34(5)26(29-18)25(37)9-16-6-20(31(2)12-16)23(35)8-17-7-22(27(38)39)32(3)13-17;1-2-3-4;;;/h10-11,14,16-19,34,43H,7-9,12-13,15H2,1-6H3;6-7,10,12-15,30,40H,8-9,11H2,1-5H3,(H,38,39);2-4H2,1H3;2*1H4;1H. The maximum atomic E-state index is 13.2. The molecule has 484 valence electrons. The van der Waals surface area contributed by atoms with Crippen LogP contribution in [0.25, 0.3) is 0 Å². The van der Waals surface area contributed by atoms with Crippen LogP contribution in [0.4, 0.5) is 11.4 Å². The summed E-state index contributed by atoms with van der Waals surface area (Å²) in [7, 11) is 12.3. The Kier molecular flexibility index (Phi) is 28.2. The highest BCUT2D eigenvalue weighted by Crippen LogP contribution is 2.22. The second kappa shape index (κ2) is 33.7. The molecule has 0 aliphatic rings. The molecule has 27 heteroatoms. The zero-order chi connectivity index (χ0) is 64.1. The fourth-order valence-electron chi connectivity index (χ4n) is 10.1. The van der Waals surface area contributed by atoms with Gasteiger partial charge in [0, 0.05) is 149 Å². The number of nitrogens with zero attached hydrogens (tertiary/aromatic N) is 10. The third kappa shape index (κ3) is 19.8. The Balaban J connectivity index is 0.000000431. The summed E-state index contributed by atoms with van der Waals surface area (Å²) in [6, 6.07) is 9.96. The molecule has 8 heterocycles. The van der Waals surface area contributed by atoms with Gasteiger partial charge in [0.2, 0.25) is 11.6 Å². The molecule has 0 aliphatic heterocycles. The van der Waals surface area contributed by atoms with E-state index in [1.165, 1.54) is 10.6 Å². The van der Waals surface area contributed by atoms with E-state index >= 15 is 0 Å². The number of aromatic nitrogens is 10. The molecular weight excluding hydrogens is 1170 g/mol. The van der Waals surface area contributed by atoms with Gasteiger partial charge in [-0.05, 0) is 91.7 Å². The van der Waals surface area contributed by atoms with Crippen LogP contribution in [-0.4, -0.2) is 129 Å². The molecule has 0 atom stereocenters. The van der Waals surface area contributed by atoms with Crippen molar-refractivity contribution in [2.75, 3.05) is 17.0 Å². The number of nitrogens with one attached hydrogen (secondary N) is 2. The van der Waals surface area contributed by atoms with Crippen LogP contribution in [0.3, 0.4) is 0 Å². The van der Waals surface area contributed by atoms with Gasteiger partial charge in [0.05, 0.1) is 52.7 Å². The summed E-state index contributed by atoms with van der Waals surface area (Å²) in [5, 5.41) is 34.0. The number of hydrogen-bond donors (Lipinski definition) is 6. The first-order valence-corrected chi connectivity index (χ1v) is 28.6. The molecule has 0 saturated carbocycles. The number of carboxylic acids is 1. The van der Waals surface area contributed by atoms with E-state index in [4.69, 9.17) is 5.73 Å². The number of carbonyl (C=O) groups excluding carboxylic acids is 7. The van der Waals surface area contributed by atoms with Gasteiger partial charge < -0.3 is 67.9 Å². The topological polar surface area (TPSA) is 313 Å². The van der Waals surface area contributed by atoms with Crippen LogP contribution in [0.1, 0.15) is 172 Å². The minimum atomic E-state index is -1.07. The number of hydrogen-bond acceptors (Lipinski definition) is 15. The van der Waals surface area contributed by atoms with Gasteiger partial charge in [-0.1, -0.05) is 35.1 Å². The summed E-state index contributed by atoms with van der Waals surface area (Å²) >= 11 is 0. The van der Waals surface area contributed by atoms with Gasteiger partial charge in [-0.3, -0.25) is 33.6 Å². The zero-order valence-corrected chi connectivity index (χ0v) is 52.9. The Bertz CT molecular complexity index is 3830. The van der Waals surface area contributed by atoms with Crippen LogP contribution >= 0.6 is 12.4 Å². The summed E-state index contributed by atoms with van der Waals surface area (Å²) in [5.41, 5.74) is 12.4. The molecule has 7 N–H and O–H groups in total. The van der Waals surface area contributed by atoms with Crippen LogP contribution < -0.4 is 16.2 Å². The number of aromatic carboxylic acids is 1. The van der Waals surface area contributed by atoms with E-state index in [0.29, 0.717) is 74.3 Å². The Hall–Kier alpha value is -8.84. The quantitative estimate of drug-likeness (QED) is 0.0203. The van der Waals surface area contributed by atoms with Crippen molar-refractivity contribution in [1.29, 1.82) is 0 Å². The Morgan fingerprint density at radius 1 is 0.433 bits per heavy atom. The number of imidazole rings is 2. The van der Waals surface area contributed by atoms with Crippen molar-refractivity contribution in [2.24, 2.45) is 62.1 Å². The average molecular weight is 1260 g/mol. The first-order valence-electron chi connectivity index (χ1n) is 28.6. The van der Waals surface area contributed by atoms with Crippen LogP contribution in [0.15, 0.2) is 86.0 Å². The van der Waals surface area contributed by atoms with Crippen LogP contribution in [0.5, 0.6) is 0 Å². The largest absolute Gasteiger partial charge is 0.477 e. The predicted molar refractivity (Wildman–Crippen MR) is 353 cm³/mol. The molecule has 24 nitrogen and oxygen atoms in total. The van der Waals surface area contributed by atoms with Crippen molar-refractivity contribution in [1.82, 2.24) is 46.5 Å². The minimum absolute atomic E-state index is 0. The Morgan fingerprint density at radius 3 is 1.03 bits per heavy atom. The molecule has 0 amide bonds. The average Bonchev–Trinajstić information content (AvgIpc) is 2.07. The highest BCUT2D eigenvalue weighted by molar-refractivity contribution is 6.53. The fraction of sp³-hybridized carbons (Fsp3) is 0.397. The van der Waals surface area contributed by atoms with E-state index in [0.717, 1.165) is 31.4 Å². The van der Waals surface area contributed by atoms with Crippen molar-refractivity contribution in [3.63, 3.8) is 0 Å². The summed E-state index contributed by atoms with van der Waals surface area (Å²) in [4.78, 5) is 111.